The quantitative estimate of drug-likeness (QED) is 0.614. The van der Waals surface area contributed by atoms with Gasteiger partial charge in [-0.1, -0.05) is 6.07 Å². The van der Waals surface area contributed by atoms with Crippen LogP contribution in [0.15, 0.2) is 36.5 Å². The Morgan fingerprint density at radius 1 is 1.35 bits per heavy atom. The molecule has 17 heavy (non-hydrogen) atoms. The van der Waals surface area contributed by atoms with Crippen molar-refractivity contribution in [3.63, 3.8) is 0 Å². The van der Waals surface area contributed by atoms with Gasteiger partial charge >= 0.3 is 5.97 Å². The second kappa shape index (κ2) is 4.21. The van der Waals surface area contributed by atoms with Gasteiger partial charge in [-0.15, -0.1) is 0 Å². The summed E-state index contributed by atoms with van der Waals surface area (Å²) in [4.78, 5) is 14.3. The number of nitrogens with zero attached hydrogens (tertiary/aromatic N) is 1. The molecule has 0 aliphatic rings. The zero-order valence-electron chi connectivity index (χ0n) is 8.72. The number of benzene rings is 1. The molecule has 0 bridgehead atoms. The second-order valence-corrected chi connectivity index (χ2v) is 3.45. The summed E-state index contributed by atoms with van der Waals surface area (Å²) in [5, 5.41) is 8.82. The fourth-order valence-corrected chi connectivity index (χ4v) is 1.53. The van der Waals surface area contributed by atoms with Crippen LogP contribution in [0.4, 0.5) is 10.1 Å². The molecule has 0 aliphatic carbocycles. The lowest BCUT2D eigenvalue weighted by Crippen LogP contribution is -2.02. The Labute approximate surface area is 96.5 Å². The molecule has 0 fully saturated rings. The molecule has 0 spiro atoms. The van der Waals surface area contributed by atoms with Gasteiger partial charge in [0, 0.05) is 17.4 Å². The lowest BCUT2D eigenvalue weighted by molar-refractivity contribution is 0.0698. The monoisotopic (exact) mass is 232 g/mol. The van der Waals surface area contributed by atoms with Crippen molar-refractivity contribution in [1.82, 2.24) is 4.98 Å². The highest BCUT2D eigenvalue weighted by Crippen LogP contribution is 2.25. The van der Waals surface area contributed by atoms with Crippen molar-refractivity contribution in [2.75, 3.05) is 5.73 Å². The van der Waals surface area contributed by atoms with Gasteiger partial charge < -0.3 is 10.8 Å². The molecule has 0 saturated carbocycles. The third-order valence-electron chi connectivity index (χ3n) is 2.35. The van der Waals surface area contributed by atoms with Crippen LogP contribution in [0.3, 0.4) is 0 Å². The first-order valence-electron chi connectivity index (χ1n) is 4.83. The number of carboxylic acid groups (broad SMARTS) is 1. The number of aromatic nitrogens is 1. The number of nitrogen functional groups attached to an aromatic ring is 1. The lowest BCUT2D eigenvalue weighted by Gasteiger charge is -2.05. The minimum absolute atomic E-state index is 0.00181. The number of nitrogens with two attached hydrogens (primary N) is 1. The Morgan fingerprint density at radius 3 is 2.71 bits per heavy atom. The van der Waals surface area contributed by atoms with Crippen molar-refractivity contribution in [1.29, 1.82) is 0 Å². The van der Waals surface area contributed by atoms with E-state index in [4.69, 9.17) is 10.8 Å². The molecular formula is C12H9FN2O2. The zero-order valence-corrected chi connectivity index (χ0v) is 8.72. The van der Waals surface area contributed by atoms with Crippen molar-refractivity contribution < 1.29 is 14.3 Å². The lowest BCUT2D eigenvalue weighted by atomic mass is 10.0. The van der Waals surface area contributed by atoms with Gasteiger partial charge in [-0.2, -0.15) is 4.39 Å². The Balaban J connectivity index is 2.52. The van der Waals surface area contributed by atoms with Gasteiger partial charge in [-0.25, -0.2) is 9.78 Å². The van der Waals surface area contributed by atoms with Crippen molar-refractivity contribution in [3.8, 4) is 11.1 Å². The molecule has 0 radical (unpaired) electrons. The summed E-state index contributed by atoms with van der Waals surface area (Å²) in [6.07, 6.45) is 1.34. The van der Waals surface area contributed by atoms with Gasteiger partial charge in [-0.05, 0) is 29.8 Å². The largest absolute Gasteiger partial charge is 0.478 e. The number of aromatic carboxylic acids is 1. The molecule has 0 saturated heterocycles. The minimum atomic E-state index is -1.11. The molecule has 1 heterocycles. The van der Waals surface area contributed by atoms with E-state index in [0.717, 1.165) is 0 Å². The molecule has 1 aromatic carbocycles. The average molecular weight is 232 g/mol. The Kier molecular flexibility index (Phi) is 2.74. The summed E-state index contributed by atoms with van der Waals surface area (Å²) >= 11 is 0. The Hall–Kier alpha value is -2.43. The highest BCUT2D eigenvalue weighted by molar-refractivity contribution is 5.94. The molecule has 1 aromatic heterocycles. The van der Waals surface area contributed by atoms with Crippen molar-refractivity contribution in [3.05, 3.63) is 48.0 Å². The van der Waals surface area contributed by atoms with E-state index in [2.05, 4.69) is 4.98 Å². The van der Waals surface area contributed by atoms with Crippen LogP contribution in [-0.4, -0.2) is 16.1 Å². The molecule has 2 rings (SSSR count). The standard InChI is InChI=1S/C12H9FN2O2/c13-11-8(2-1-5-15-11)7-3-4-9(12(16)17)10(14)6-7/h1-6H,14H2,(H,16,17). The van der Waals surface area contributed by atoms with Crippen LogP contribution in [0.25, 0.3) is 11.1 Å². The van der Waals surface area contributed by atoms with Crippen molar-refractivity contribution >= 4 is 11.7 Å². The summed E-state index contributed by atoms with van der Waals surface area (Å²) in [7, 11) is 0. The summed E-state index contributed by atoms with van der Waals surface area (Å²) in [5.41, 5.74) is 6.47. The number of halogens is 1. The number of hydrogen-bond donors (Lipinski definition) is 2. The van der Waals surface area contributed by atoms with Crippen LogP contribution in [0, 0.1) is 5.95 Å². The van der Waals surface area contributed by atoms with E-state index in [0.29, 0.717) is 5.56 Å². The van der Waals surface area contributed by atoms with Crippen LogP contribution in [-0.2, 0) is 0 Å². The highest BCUT2D eigenvalue weighted by Gasteiger charge is 2.11. The first kappa shape index (κ1) is 11.1. The van der Waals surface area contributed by atoms with Gasteiger partial charge in [0.15, 0.2) is 0 Å². The third-order valence-corrected chi connectivity index (χ3v) is 2.35. The van der Waals surface area contributed by atoms with Gasteiger partial charge in [0.1, 0.15) is 0 Å². The molecule has 3 N–H and O–H groups in total. The fourth-order valence-electron chi connectivity index (χ4n) is 1.53. The molecule has 0 unspecified atom stereocenters. The topological polar surface area (TPSA) is 76.2 Å². The molecule has 4 nitrogen and oxygen atoms in total. The minimum Gasteiger partial charge on any atom is -0.478 e. The molecule has 0 amide bonds. The zero-order chi connectivity index (χ0) is 12.4. The maximum absolute atomic E-state index is 13.4. The Morgan fingerprint density at radius 2 is 2.12 bits per heavy atom. The predicted molar refractivity (Wildman–Crippen MR) is 61.0 cm³/mol. The summed E-state index contributed by atoms with van der Waals surface area (Å²) < 4.78 is 13.4. The average Bonchev–Trinajstić information content (AvgIpc) is 2.29. The van der Waals surface area contributed by atoms with E-state index in [-0.39, 0.29) is 16.8 Å². The van der Waals surface area contributed by atoms with Crippen LogP contribution >= 0.6 is 0 Å². The first-order valence-corrected chi connectivity index (χ1v) is 4.83. The summed E-state index contributed by atoms with van der Waals surface area (Å²) in [6, 6.07) is 7.42. The number of anilines is 1. The molecule has 2 aromatic rings. The van der Waals surface area contributed by atoms with Gasteiger partial charge in [-0.3, -0.25) is 0 Å². The normalized spacial score (nSPS) is 10.2. The number of carbonyl (C=O) groups is 1. The van der Waals surface area contributed by atoms with Gasteiger partial charge in [0.2, 0.25) is 5.95 Å². The van der Waals surface area contributed by atoms with E-state index in [1.54, 1.807) is 12.1 Å². The number of pyridine rings is 1. The van der Waals surface area contributed by atoms with Gasteiger partial charge in [0.25, 0.3) is 0 Å². The number of carboxylic acids is 1. The number of rotatable bonds is 2. The molecule has 86 valence electrons. The van der Waals surface area contributed by atoms with Crippen molar-refractivity contribution in [2.45, 2.75) is 0 Å². The maximum Gasteiger partial charge on any atom is 0.337 e. The number of hydrogen-bond acceptors (Lipinski definition) is 3. The van der Waals surface area contributed by atoms with Crippen molar-refractivity contribution in [2.24, 2.45) is 0 Å². The second-order valence-electron chi connectivity index (χ2n) is 3.45. The SMILES string of the molecule is Nc1cc(-c2cccnc2F)ccc1C(=O)O. The molecular weight excluding hydrogens is 223 g/mol. The molecule has 0 atom stereocenters. The van der Waals surface area contributed by atoms with E-state index in [1.165, 1.54) is 24.4 Å². The van der Waals surface area contributed by atoms with Gasteiger partial charge in [0.05, 0.1) is 5.56 Å². The molecule has 5 heteroatoms. The highest BCUT2D eigenvalue weighted by atomic mass is 19.1. The van der Waals surface area contributed by atoms with Crippen LogP contribution < -0.4 is 5.73 Å². The summed E-state index contributed by atoms with van der Waals surface area (Å²) in [6.45, 7) is 0. The smallest absolute Gasteiger partial charge is 0.337 e. The van der Waals surface area contributed by atoms with E-state index in [9.17, 15) is 9.18 Å². The maximum atomic E-state index is 13.4. The van der Waals surface area contributed by atoms with E-state index < -0.39 is 11.9 Å². The van der Waals surface area contributed by atoms with E-state index in [1.807, 2.05) is 0 Å². The van der Waals surface area contributed by atoms with E-state index >= 15 is 0 Å². The third kappa shape index (κ3) is 2.08. The summed E-state index contributed by atoms with van der Waals surface area (Å²) in [5.74, 6) is -1.73. The van der Waals surface area contributed by atoms with Crippen LogP contribution in [0.2, 0.25) is 0 Å². The van der Waals surface area contributed by atoms with Crippen LogP contribution in [0.5, 0.6) is 0 Å². The predicted octanol–water partition coefficient (Wildman–Crippen LogP) is 2.17. The Bertz CT molecular complexity index is 584. The fraction of sp³-hybridized carbons (Fsp3) is 0. The molecule has 0 aliphatic heterocycles. The first-order chi connectivity index (χ1) is 8.09. The van der Waals surface area contributed by atoms with Crippen LogP contribution in [0.1, 0.15) is 10.4 Å².